The number of urea groups is 1. The van der Waals surface area contributed by atoms with Crippen molar-refractivity contribution in [3.8, 4) is 11.1 Å². The van der Waals surface area contributed by atoms with E-state index in [1.165, 1.54) is 0 Å². The van der Waals surface area contributed by atoms with Crippen LogP contribution in [-0.2, 0) is 16.9 Å². The van der Waals surface area contributed by atoms with Crippen molar-refractivity contribution in [1.82, 2.24) is 20.0 Å². The van der Waals surface area contributed by atoms with Crippen molar-refractivity contribution in [3.63, 3.8) is 0 Å². The van der Waals surface area contributed by atoms with Crippen LogP contribution < -0.4 is 10.6 Å². The fourth-order valence-corrected chi connectivity index (χ4v) is 5.66. The van der Waals surface area contributed by atoms with E-state index in [2.05, 4.69) is 15.7 Å². The molecule has 0 unspecified atom stereocenters. The largest absolute Gasteiger partial charge is 0.323 e. The highest BCUT2D eigenvalue weighted by Crippen LogP contribution is 2.28. The minimum atomic E-state index is -3.12. The van der Waals surface area contributed by atoms with E-state index in [9.17, 15) is 13.2 Å². The van der Waals surface area contributed by atoms with E-state index >= 15 is 0 Å². The lowest BCUT2D eigenvalue weighted by molar-refractivity contribution is 0.163. The van der Waals surface area contributed by atoms with E-state index in [1.54, 1.807) is 22.8 Å². The number of hydrogen-bond acceptors (Lipinski definition) is 5. The molecule has 2 saturated heterocycles. The Balaban J connectivity index is 1.58. The lowest BCUT2D eigenvalue weighted by Gasteiger charge is -2.37. The molecule has 3 heterocycles. The van der Waals surface area contributed by atoms with Gasteiger partial charge >= 0.3 is 6.03 Å². The summed E-state index contributed by atoms with van der Waals surface area (Å²) >= 11 is 0. The van der Waals surface area contributed by atoms with Gasteiger partial charge in [-0.15, -0.1) is 0 Å². The van der Waals surface area contributed by atoms with Crippen molar-refractivity contribution in [2.24, 2.45) is 7.05 Å². The number of hydrogen-bond donors (Lipinski definition) is 2. The Morgan fingerprint density at radius 2 is 2.04 bits per heavy atom. The smallest absolute Gasteiger partial charge is 0.318 e. The van der Waals surface area contributed by atoms with Crippen LogP contribution in [0.4, 0.5) is 10.6 Å². The van der Waals surface area contributed by atoms with E-state index in [-0.39, 0.29) is 29.6 Å². The number of amides is 2. The fourth-order valence-electron chi connectivity index (χ4n) is 3.71. The number of carbonyl (C=O) groups excluding carboxylic acids is 1. The molecule has 2 fully saturated rings. The molecule has 0 radical (unpaired) electrons. The van der Waals surface area contributed by atoms with Gasteiger partial charge in [0, 0.05) is 31.7 Å². The van der Waals surface area contributed by atoms with Crippen LogP contribution in [0.5, 0.6) is 0 Å². The highest BCUT2D eigenvalue weighted by molar-refractivity contribution is 7.91. The first-order valence-electron chi connectivity index (χ1n) is 8.53. The van der Waals surface area contributed by atoms with Gasteiger partial charge in [0.25, 0.3) is 0 Å². The van der Waals surface area contributed by atoms with Gasteiger partial charge in [0.1, 0.15) is 5.82 Å². The third-order valence-corrected chi connectivity index (χ3v) is 6.71. The summed E-state index contributed by atoms with van der Waals surface area (Å²) in [6.07, 6.45) is 1.71. The molecule has 2 aromatic rings. The summed E-state index contributed by atoms with van der Waals surface area (Å²) in [5.41, 5.74) is 1.78. The number of carbonyl (C=O) groups is 1. The van der Waals surface area contributed by atoms with Gasteiger partial charge in [-0.3, -0.25) is 10.00 Å². The van der Waals surface area contributed by atoms with Crippen LogP contribution in [0.25, 0.3) is 11.1 Å². The monoisotopic (exact) mass is 375 g/mol. The van der Waals surface area contributed by atoms with E-state index in [0.29, 0.717) is 18.9 Å². The number of piperazine rings is 1. The Labute approximate surface area is 152 Å². The molecule has 0 spiro atoms. The molecule has 2 N–H and O–H groups in total. The van der Waals surface area contributed by atoms with Crippen LogP contribution in [-0.4, -0.2) is 65.8 Å². The van der Waals surface area contributed by atoms with Crippen LogP contribution in [0.15, 0.2) is 36.5 Å². The first-order chi connectivity index (χ1) is 12.4. The summed E-state index contributed by atoms with van der Waals surface area (Å²) in [4.78, 5) is 14.5. The number of nitrogens with one attached hydrogen (secondary N) is 2. The van der Waals surface area contributed by atoms with Crippen LogP contribution >= 0.6 is 0 Å². The van der Waals surface area contributed by atoms with Crippen molar-refractivity contribution in [1.29, 1.82) is 0 Å². The zero-order valence-corrected chi connectivity index (χ0v) is 15.2. The van der Waals surface area contributed by atoms with Crippen molar-refractivity contribution in [2.45, 2.75) is 12.1 Å². The molecular weight excluding hydrogens is 354 g/mol. The number of aromatic nitrogens is 2. The van der Waals surface area contributed by atoms with Crippen LogP contribution in [0.2, 0.25) is 0 Å². The number of nitrogens with zero attached hydrogens (tertiary/aromatic N) is 3. The molecule has 2 aliphatic heterocycles. The van der Waals surface area contributed by atoms with Crippen molar-refractivity contribution < 1.29 is 13.2 Å². The van der Waals surface area contributed by atoms with E-state index in [0.717, 1.165) is 11.1 Å². The van der Waals surface area contributed by atoms with Gasteiger partial charge in [0.2, 0.25) is 0 Å². The normalized spacial score (nSPS) is 24.3. The third kappa shape index (κ3) is 3.08. The van der Waals surface area contributed by atoms with Crippen LogP contribution in [0.1, 0.15) is 0 Å². The summed E-state index contributed by atoms with van der Waals surface area (Å²) in [7, 11) is -1.35. The first-order valence-corrected chi connectivity index (χ1v) is 10.4. The average Bonchev–Trinajstić information content (AvgIpc) is 3.13. The van der Waals surface area contributed by atoms with Crippen molar-refractivity contribution in [3.05, 3.63) is 36.5 Å². The molecule has 138 valence electrons. The van der Waals surface area contributed by atoms with Gasteiger partial charge in [-0.25, -0.2) is 13.2 Å². The highest BCUT2D eigenvalue weighted by atomic mass is 32.2. The maximum atomic E-state index is 12.9. The standard InChI is InChI=1S/C17H21N5O3S/c1-21-16(13(9-19-21)12-5-3-2-4-6-12)20-17(23)22-8-7-18-14-10-26(24,25)11-15(14)22/h2-6,9,14-15,18H,7-8,10-11H2,1H3,(H,20,23)/t14-,15+/m1/s1. The van der Waals surface area contributed by atoms with E-state index < -0.39 is 9.84 Å². The quantitative estimate of drug-likeness (QED) is 0.805. The van der Waals surface area contributed by atoms with Gasteiger partial charge in [0.15, 0.2) is 9.84 Å². The van der Waals surface area contributed by atoms with E-state index in [1.807, 2.05) is 30.3 Å². The second-order valence-electron chi connectivity index (χ2n) is 6.72. The third-order valence-electron chi connectivity index (χ3n) is 4.99. The SMILES string of the molecule is Cn1ncc(-c2ccccc2)c1NC(=O)N1CCN[C@@H]2CS(=O)(=O)C[C@@H]21. The number of sulfone groups is 1. The van der Waals surface area contributed by atoms with Gasteiger partial charge in [-0.1, -0.05) is 30.3 Å². The molecule has 0 saturated carbocycles. The topological polar surface area (TPSA) is 96.3 Å². The predicted octanol–water partition coefficient (Wildman–Crippen LogP) is 0.690. The first kappa shape index (κ1) is 17.0. The second kappa shape index (κ2) is 6.40. The van der Waals surface area contributed by atoms with Gasteiger partial charge < -0.3 is 10.2 Å². The molecule has 4 rings (SSSR count). The van der Waals surface area contributed by atoms with Gasteiger partial charge in [0.05, 0.1) is 23.7 Å². The molecule has 1 aromatic heterocycles. The zero-order valence-electron chi connectivity index (χ0n) is 14.4. The number of aryl methyl sites for hydroxylation is 1. The van der Waals surface area contributed by atoms with Crippen molar-refractivity contribution in [2.75, 3.05) is 29.9 Å². The lowest BCUT2D eigenvalue weighted by atomic mass is 10.1. The van der Waals surface area contributed by atoms with Crippen LogP contribution in [0.3, 0.4) is 0 Å². The maximum absolute atomic E-state index is 12.9. The Hall–Kier alpha value is -2.39. The van der Waals surface area contributed by atoms with Gasteiger partial charge in [-0.2, -0.15) is 5.10 Å². The summed E-state index contributed by atoms with van der Waals surface area (Å²) < 4.78 is 25.5. The summed E-state index contributed by atoms with van der Waals surface area (Å²) in [5.74, 6) is 0.689. The molecule has 2 atom stereocenters. The Kier molecular flexibility index (Phi) is 4.20. The number of anilines is 1. The van der Waals surface area contributed by atoms with Crippen molar-refractivity contribution >= 4 is 21.7 Å². The summed E-state index contributed by atoms with van der Waals surface area (Å²) in [6.45, 7) is 1.06. The molecular formula is C17H21N5O3S. The Morgan fingerprint density at radius 1 is 1.27 bits per heavy atom. The Bertz CT molecular complexity index is 925. The number of rotatable bonds is 2. The minimum absolute atomic E-state index is 0.00894. The molecule has 26 heavy (non-hydrogen) atoms. The summed E-state index contributed by atoms with van der Waals surface area (Å²) in [5, 5.41) is 10.4. The molecule has 8 nitrogen and oxygen atoms in total. The predicted molar refractivity (Wildman–Crippen MR) is 98.6 cm³/mol. The Morgan fingerprint density at radius 3 is 2.81 bits per heavy atom. The summed E-state index contributed by atoms with van der Waals surface area (Å²) in [6, 6.07) is 8.88. The molecule has 2 amide bonds. The molecule has 2 aliphatic rings. The number of benzene rings is 1. The molecule has 9 heteroatoms. The van der Waals surface area contributed by atoms with Gasteiger partial charge in [-0.05, 0) is 5.56 Å². The molecule has 0 bridgehead atoms. The minimum Gasteiger partial charge on any atom is -0.318 e. The lowest BCUT2D eigenvalue weighted by Crippen LogP contribution is -2.60. The zero-order chi connectivity index (χ0) is 18.3. The van der Waals surface area contributed by atoms with E-state index in [4.69, 9.17) is 0 Å². The second-order valence-corrected chi connectivity index (χ2v) is 8.88. The molecule has 0 aliphatic carbocycles. The highest BCUT2D eigenvalue weighted by Gasteiger charge is 2.44. The van der Waals surface area contributed by atoms with Crippen LogP contribution in [0, 0.1) is 0 Å². The number of fused-ring (bicyclic) bond motifs is 1. The average molecular weight is 375 g/mol. The maximum Gasteiger partial charge on any atom is 0.323 e. The molecule has 1 aromatic carbocycles. The fraction of sp³-hybridized carbons (Fsp3) is 0.412.